The lowest BCUT2D eigenvalue weighted by atomic mass is 9.73. The van der Waals surface area contributed by atoms with E-state index in [4.69, 9.17) is 9.47 Å². The standard InChI is InChI=1S/C19H29N3O3/c1-21(2)12-18(23)22-9-6-17-19(14-22,7-4-10-25-17)15-24-13-16-5-3-8-20-11-16/h3,5,8,11,17H,4,6-7,9-10,12-15H2,1-2H3. The van der Waals surface area contributed by atoms with Gasteiger partial charge in [0.2, 0.25) is 5.91 Å². The normalized spacial score (nSPS) is 26.5. The lowest BCUT2D eigenvalue weighted by molar-refractivity contribution is -0.166. The van der Waals surface area contributed by atoms with E-state index in [0.717, 1.165) is 44.5 Å². The summed E-state index contributed by atoms with van der Waals surface area (Å²) in [6, 6.07) is 3.94. The van der Waals surface area contributed by atoms with E-state index in [0.29, 0.717) is 19.8 Å². The van der Waals surface area contributed by atoms with Gasteiger partial charge in [-0.15, -0.1) is 0 Å². The van der Waals surface area contributed by atoms with Crippen LogP contribution in [0.2, 0.25) is 0 Å². The van der Waals surface area contributed by atoms with E-state index in [1.54, 1.807) is 6.20 Å². The fourth-order valence-electron chi connectivity index (χ4n) is 3.94. The van der Waals surface area contributed by atoms with E-state index in [1.807, 2.05) is 42.2 Å². The Hall–Kier alpha value is -1.50. The Balaban J connectivity index is 1.63. The van der Waals surface area contributed by atoms with Gasteiger partial charge in [0, 0.05) is 37.5 Å². The number of carbonyl (C=O) groups is 1. The molecule has 2 saturated heterocycles. The van der Waals surface area contributed by atoms with E-state index >= 15 is 0 Å². The van der Waals surface area contributed by atoms with Crippen LogP contribution in [0.15, 0.2) is 24.5 Å². The van der Waals surface area contributed by atoms with Gasteiger partial charge in [-0.2, -0.15) is 0 Å². The summed E-state index contributed by atoms with van der Waals surface area (Å²) in [5.41, 5.74) is 0.990. The molecule has 2 unspecified atom stereocenters. The Labute approximate surface area is 150 Å². The average molecular weight is 347 g/mol. The van der Waals surface area contributed by atoms with Gasteiger partial charge in [0.05, 0.1) is 25.9 Å². The highest BCUT2D eigenvalue weighted by molar-refractivity contribution is 5.78. The Morgan fingerprint density at radius 3 is 3.16 bits per heavy atom. The van der Waals surface area contributed by atoms with Gasteiger partial charge in [-0.1, -0.05) is 6.07 Å². The predicted molar refractivity (Wildman–Crippen MR) is 95.1 cm³/mol. The van der Waals surface area contributed by atoms with Gasteiger partial charge in [0.1, 0.15) is 0 Å². The zero-order valence-electron chi connectivity index (χ0n) is 15.3. The lowest BCUT2D eigenvalue weighted by Gasteiger charge is -2.50. The second kappa shape index (κ2) is 8.25. The monoisotopic (exact) mass is 347 g/mol. The molecule has 1 amide bonds. The SMILES string of the molecule is CN(C)CC(=O)N1CCC2OCCCC2(COCc2cccnc2)C1. The van der Waals surface area contributed by atoms with Crippen molar-refractivity contribution in [2.45, 2.75) is 32.0 Å². The molecule has 2 aliphatic heterocycles. The summed E-state index contributed by atoms with van der Waals surface area (Å²) in [7, 11) is 3.86. The number of pyridine rings is 1. The molecule has 0 saturated carbocycles. The van der Waals surface area contributed by atoms with Gasteiger partial charge in [-0.3, -0.25) is 9.78 Å². The van der Waals surface area contributed by atoms with Crippen LogP contribution in [0, 0.1) is 5.41 Å². The molecule has 6 heteroatoms. The van der Waals surface area contributed by atoms with Gasteiger partial charge >= 0.3 is 0 Å². The van der Waals surface area contributed by atoms with E-state index < -0.39 is 0 Å². The molecule has 1 aromatic heterocycles. The van der Waals surface area contributed by atoms with Gasteiger partial charge < -0.3 is 19.3 Å². The van der Waals surface area contributed by atoms with Crippen molar-refractivity contribution in [3.05, 3.63) is 30.1 Å². The number of likely N-dealkylation sites (tertiary alicyclic amines) is 1. The fourth-order valence-corrected chi connectivity index (χ4v) is 3.94. The summed E-state index contributed by atoms with van der Waals surface area (Å²) >= 11 is 0. The molecule has 0 spiro atoms. The molecule has 0 radical (unpaired) electrons. The third-order valence-corrected chi connectivity index (χ3v) is 5.17. The van der Waals surface area contributed by atoms with Gasteiger partial charge in [0.25, 0.3) is 0 Å². The molecule has 1 aromatic rings. The molecule has 0 aliphatic carbocycles. The van der Waals surface area contributed by atoms with E-state index in [2.05, 4.69) is 4.98 Å². The van der Waals surface area contributed by atoms with Crippen LogP contribution in [0.1, 0.15) is 24.8 Å². The number of carbonyl (C=O) groups excluding carboxylic acids is 1. The minimum atomic E-state index is -0.0827. The van der Waals surface area contributed by atoms with Crippen LogP contribution in [0.5, 0.6) is 0 Å². The highest BCUT2D eigenvalue weighted by Gasteiger charge is 2.47. The number of ether oxygens (including phenoxy) is 2. The number of amides is 1. The maximum atomic E-state index is 12.5. The molecule has 0 N–H and O–H groups in total. The van der Waals surface area contributed by atoms with E-state index in [1.165, 1.54) is 0 Å². The molecule has 0 bridgehead atoms. The molecule has 3 heterocycles. The van der Waals surface area contributed by atoms with Crippen molar-refractivity contribution < 1.29 is 14.3 Å². The zero-order chi connectivity index (χ0) is 17.7. The van der Waals surface area contributed by atoms with Crippen LogP contribution in [0.4, 0.5) is 0 Å². The second-order valence-corrected chi connectivity index (χ2v) is 7.52. The summed E-state index contributed by atoms with van der Waals surface area (Å²) < 4.78 is 12.1. The van der Waals surface area contributed by atoms with Crippen molar-refractivity contribution in [1.82, 2.24) is 14.8 Å². The van der Waals surface area contributed by atoms with Crippen molar-refractivity contribution in [3.63, 3.8) is 0 Å². The van der Waals surface area contributed by atoms with Crippen molar-refractivity contribution in [1.29, 1.82) is 0 Å². The molecule has 25 heavy (non-hydrogen) atoms. The molecular weight excluding hydrogens is 318 g/mol. The third-order valence-electron chi connectivity index (χ3n) is 5.17. The molecule has 6 nitrogen and oxygen atoms in total. The van der Waals surface area contributed by atoms with Gasteiger partial charge in [-0.05, 0) is 45.0 Å². The van der Waals surface area contributed by atoms with Crippen LogP contribution in [0.25, 0.3) is 0 Å². The number of rotatable bonds is 6. The number of nitrogens with zero attached hydrogens (tertiary/aromatic N) is 3. The summed E-state index contributed by atoms with van der Waals surface area (Å²) in [4.78, 5) is 20.6. The first-order valence-corrected chi connectivity index (χ1v) is 9.10. The van der Waals surface area contributed by atoms with Crippen molar-refractivity contribution in [2.24, 2.45) is 5.41 Å². The Morgan fingerprint density at radius 2 is 2.40 bits per heavy atom. The Morgan fingerprint density at radius 1 is 1.52 bits per heavy atom. The molecule has 3 rings (SSSR count). The largest absolute Gasteiger partial charge is 0.377 e. The Bertz CT molecular complexity index is 566. The zero-order valence-corrected chi connectivity index (χ0v) is 15.3. The number of piperidine rings is 1. The summed E-state index contributed by atoms with van der Waals surface area (Å²) in [5, 5.41) is 0. The summed E-state index contributed by atoms with van der Waals surface area (Å²) in [6.07, 6.45) is 6.77. The highest BCUT2D eigenvalue weighted by Crippen LogP contribution is 2.40. The molecule has 2 atom stereocenters. The van der Waals surface area contributed by atoms with Crippen molar-refractivity contribution in [3.8, 4) is 0 Å². The smallest absolute Gasteiger partial charge is 0.236 e. The third kappa shape index (κ3) is 4.57. The number of likely N-dealkylation sites (N-methyl/N-ethyl adjacent to an activating group) is 1. The predicted octanol–water partition coefficient (Wildman–Crippen LogP) is 1.56. The number of aromatic nitrogens is 1. The molecule has 138 valence electrons. The minimum absolute atomic E-state index is 0.0827. The highest BCUT2D eigenvalue weighted by atomic mass is 16.5. The van der Waals surface area contributed by atoms with Crippen LogP contribution in [0.3, 0.4) is 0 Å². The quantitative estimate of drug-likeness (QED) is 0.782. The molecular formula is C19H29N3O3. The number of hydrogen-bond acceptors (Lipinski definition) is 5. The number of fused-ring (bicyclic) bond motifs is 1. The first-order chi connectivity index (χ1) is 12.1. The van der Waals surface area contributed by atoms with Crippen LogP contribution in [-0.2, 0) is 20.9 Å². The first kappa shape index (κ1) is 18.3. The first-order valence-electron chi connectivity index (χ1n) is 9.10. The van der Waals surface area contributed by atoms with Crippen LogP contribution >= 0.6 is 0 Å². The molecule has 0 aromatic carbocycles. The summed E-state index contributed by atoms with van der Waals surface area (Å²) in [5.74, 6) is 0.195. The van der Waals surface area contributed by atoms with Crippen LogP contribution < -0.4 is 0 Å². The molecule has 2 aliphatic rings. The average Bonchev–Trinajstić information content (AvgIpc) is 2.61. The summed E-state index contributed by atoms with van der Waals surface area (Å²) in [6.45, 7) is 3.96. The maximum Gasteiger partial charge on any atom is 0.236 e. The van der Waals surface area contributed by atoms with E-state index in [9.17, 15) is 4.79 Å². The second-order valence-electron chi connectivity index (χ2n) is 7.52. The molecule has 2 fully saturated rings. The van der Waals surface area contributed by atoms with Crippen LogP contribution in [-0.4, -0.2) is 73.7 Å². The lowest BCUT2D eigenvalue weighted by Crippen LogP contribution is -2.58. The fraction of sp³-hybridized carbons (Fsp3) is 0.684. The van der Waals surface area contributed by atoms with Gasteiger partial charge in [0.15, 0.2) is 0 Å². The van der Waals surface area contributed by atoms with Crippen molar-refractivity contribution >= 4 is 5.91 Å². The topological polar surface area (TPSA) is 54.9 Å². The maximum absolute atomic E-state index is 12.5. The van der Waals surface area contributed by atoms with E-state index in [-0.39, 0.29) is 17.4 Å². The Kier molecular flexibility index (Phi) is 6.04. The minimum Gasteiger partial charge on any atom is -0.377 e. The number of hydrogen-bond donors (Lipinski definition) is 0. The van der Waals surface area contributed by atoms with Gasteiger partial charge in [-0.25, -0.2) is 0 Å². The van der Waals surface area contributed by atoms with Crippen molar-refractivity contribution in [2.75, 3.05) is 46.9 Å².